The molecule has 262 valence electrons. The van der Waals surface area contributed by atoms with Gasteiger partial charge in [0, 0.05) is 28.8 Å². The predicted octanol–water partition coefficient (Wildman–Crippen LogP) is 12.2. The fourth-order valence-electron chi connectivity index (χ4n) is 6.91. The monoisotopic (exact) mass is 853 g/mol. The van der Waals surface area contributed by atoms with Crippen molar-refractivity contribution in [3.63, 3.8) is 0 Å². The van der Waals surface area contributed by atoms with Crippen LogP contribution in [0.5, 0.6) is 11.5 Å². The molecule has 0 saturated heterocycles. The van der Waals surface area contributed by atoms with E-state index < -0.39 is 0 Å². The van der Waals surface area contributed by atoms with Crippen LogP contribution in [0.3, 0.4) is 0 Å². The summed E-state index contributed by atoms with van der Waals surface area (Å²) in [5.74, 6) is 3.46. The zero-order valence-corrected chi connectivity index (χ0v) is 33.3. The second-order valence-corrected chi connectivity index (χ2v) is 14.7. The maximum absolute atomic E-state index is 6.69. The molecule has 0 unspecified atom stereocenters. The summed E-state index contributed by atoms with van der Waals surface area (Å²) in [6.07, 6.45) is 1.91. The first kappa shape index (κ1) is 36.3. The predicted molar refractivity (Wildman–Crippen MR) is 206 cm³/mol. The third-order valence-electron chi connectivity index (χ3n) is 9.68. The normalized spacial score (nSPS) is 11.8. The number of benzene rings is 4. The maximum Gasteiger partial charge on any atom is 2.00 e. The van der Waals surface area contributed by atoms with E-state index in [1.54, 1.807) is 0 Å². The van der Waals surface area contributed by atoms with Crippen LogP contribution in [-0.4, -0.2) is 19.3 Å². The molecule has 0 saturated carbocycles. The standard InChI is InChI=1S/C45H46N4O.Pt/c1-27(2)33-15-18-41-40(23-33)39-17-16-37(26-42(39)48(41)43-24-34(28(3)4)19-20-46-43)50-38-22-35(29(5)6)21-36(25-38)49-45(30(7)8)44(31(9)47-49)32-13-11-10-12-14-32;/h10-24,27-30H,1-9H3;/q-2;+2. The van der Waals surface area contributed by atoms with Crippen molar-refractivity contribution in [3.8, 4) is 34.1 Å². The van der Waals surface area contributed by atoms with Crippen molar-refractivity contribution in [2.75, 3.05) is 0 Å². The molecule has 51 heavy (non-hydrogen) atoms. The molecular weight excluding hydrogens is 808 g/mol. The third kappa shape index (κ3) is 6.94. The van der Waals surface area contributed by atoms with Gasteiger partial charge in [-0.25, -0.2) is 4.98 Å². The largest absolute Gasteiger partial charge is 2.00 e. The Labute approximate surface area is 317 Å². The number of pyridine rings is 1. The molecule has 4 aromatic carbocycles. The molecule has 5 nitrogen and oxygen atoms in total. The van der Waals surface area contributed by atoms with Crippen LogP contribution in [-0.2, 0) is 21.1 Å². The maximum atomic E-state index is 6.69. The van der Waals surface area contributed by atoms with Crippen molar-refractivity contribution in [2.45, 2.75) is 86.0 Å². The average Bonchev–Trinajstić information content (AvgIpc) is 3.62. The molecule has 0 N–H and O–H groups in total. The Kier molecular flexibility index (Phi) is 10.4. The van der Waals surface area contributed by atoms with Crippen LogP contribution in [0.2, 0.25) is 0 Å². The fraction of sp³-hybridized carbons (Fsp3) is 0.289. The van der Waals surface area contributed by atoms with E-state index in [0.29, 0.717) is 23.3 Å². The molecule has 0 radical (unpaired) electrons. The zero-order valence-electron chi connectivity index (χ0n) is 31.0. The molecule has 0 fully saturated rings. The number of ether oxygens (including phenoxy) is 1. The average molecular weight is 854 g/mol. The number of hydrogen-bond acceptors (Lipinski definition) is 3. The van der Waals surface area contributed by atoms with E-state index in [0.717, 1.165) is 44.9 Å². The Hall–Kier alpha value is -4.47. The summed E-state index contributed by atoms with van der Waals surface area (Å²) in [6.45, 7) is 19.8. The Morgan fingerprint density at radius 3 is 2.04 bits per heavy atom. The van der Waals surface area contributed by atoms with E-state index in [1.165, 1.54) is 27.6 Å². The Balaban J connectivity index is 0.00000448. The van der Waals surface area contributed by atoms with Crippen LogP contribution in [0.4, 0.5) is 0 Å². The van der Waals surface area contributed by atoms with E-state index in [1.807, 2.05) is 12.3 Å². The second-order valence-electron chi connectivity index (χ2n) is 14.7. The van der Waals surface area contributed by atoms with Crippen molar-refractivity contribution in [1.82, 2.24) is 19.3 Å². The van der Waals surface area contributed by atoms with Gasteiger partial charge in [-0.2, -0.15) is 11.2 Å². The van der Waals surface area contributed by atoms with E-state index >= 15 is 0 Å². The van der Waals surface area contributed by atoms with E-state index in [2.05, 4.69) is 163 Å². The van der Waals surface area contributed by atoms with Gasteiger partial charge in [-0.3, -0.25) is 4.68 Å². The summed E-state index contributed by atoms with van der Waals surface area (Å²) in [6, 6.07) is 37.3. The van der Waals surface area contributed by atoms with Gasteiger partial charge in [0.2, 0.25) is 0 Å². The molecule has 0 bridgehead atoms. The fourth-order valence-corrected chi connectivity index (χ4v) is 6.91. The number of nitrogens with zero attached hydrogens (tertiary/aromatic N) is 4. The van der Waals surface area contributed by atoms with Crippen LogP contribution in [0.25, 0.3) is 44.4 Å². The van der Waals surface area contributed by atoms with Gasteiger partial charge < -0.3 is 9.30 Å². The Morgan fingerprint density at radius 2 is 1.35 bits per heavy atom. The van der Waals surface area contributed by atoms with Gasteiger partial charge in [-0.15, -0.1) is 41.3 Å². The van der Waals surface area contributed by atoms with Crippen LogP contribution >= 0.6 is 0 Å². The number of rotatable bonds is 9. The molecule has 7 rings (SSSR count). The SMILES string of the molecule is Cc1nn(-c2[c-]c(Oc3[c-]c4c(cc3)c3cc(C(C)C)ccc3n4-c3cc(C(C)C)ccn3)cc(C(C)C)c2)c(C(C)C)c1-c1ccccc1.[Pt+2]. The van der Waals surface area contributed by atoms with Crippen molar-refractivity contribution in [2.24, 2.45) is 0 Å². The summed E-state index contributed by atoms with van der Waals surface area (Å²) in [5.41, 5.74) is 11.1. The first-order valence-electron chi connectivity index (χ1n) is 17.9. The molecule has 0 spiro atoms. The molecule has 0 aliphatic heterocycles. The summed E-state index contributed by atoms with van der Waals surface area (Å²) in [5, 5.41) is 7.39. The summed E-state index contributed by atoms with van der Waals surface area (Å²) >= 11 is 0. The van der Waals surface area contributed by atoms with Crippen molar-refractivity contribution in [1.29, 1.82) is 0 Å². The number of fused-ring (bicyclic) bond motifs is 3. The summed E-state index contributed by atoms with van der Waals surface area (Å²) < 4.78 is 11.0. The molecule has 0 amide bonds. The van der Waals surface area contributed by atoms with Gasteiger partial charge in [0.15, 0.2) is 0 Å². The third-order valence-corrected chi connectivity index (χ3v) is 9.68. The number of hydrogen-bond donors (Lipinski definition) is 0. The van der Waals surface area contributed by atoms with Crippen molar-refractivity contribution >= 4 is 21.8 Å². The Bertz CT molecular complexity index is 2330. The molecule has 3 aromatic heterocycles. The minimum Gasteiger partial charge on any atom is -0.509 e. The smallest absolute Gasteiger partial charge is 0.509 e. The van der Waals surface area contributed by atoms with Crippen LogP contribution in [0, 0.1) is 19.1 Å². The minimum atomic E-state index is 0. The van der Waals surface area contributed by atoms with Crippen LogP contribution in [0.1, 0.15) is 107 Å². The molecule has 7 aromatic rings. The van der Waals surface area contributed by atoms with Crippen molar-refractivity contribution in [3.05, 3.63) is 131 Å². The van der Waals surface area contributed by atoms with Gasteiger partial charge in [0.1, 0.15) is 5.82 Å². The van der Waals surface area contributed by atoms with Gasteiger partial charge in [0.05, 0.1) is 11.4 Å². The first-order valence-corrected chi connectivity index (χ1v) is 17.9. The topological polar surface area (TPSA) is 44.9 Å². The quantitative estimate of drug-likeness (QED) is 0.136. The van der Waals surface area contributed by atoms with E-state index in [-0.39, 0.29) is 32.9 Å². The minimum absolute atomic E-state index is 0. The molecule has 0 aliphatic rings. The molecule has 0 atom stereocenters. The summed E-state index contributed by atoms with van der Waals surface area (Å²) in [4.78, 5) is 4.85. The zero-order chi connectivity index (χ0) is 35.3. The van der Waals surface area contributed by atoms with Crippen LogP contribution in [0.15, 0.2) is 91.1 Å². The molecule has 3 heterocycles. The van der Waals surface area contributed by atoms with Gasteiger partial charge >= 0.3 is 21.1 Å². The molecule has 0 aliphatic carbocycles. The second kappa shape index (κ2) is 14.6. The van der Waals surface area contributed by atoms with E-state index in [4.69, 9.17) is 14.8 Å². The molecular formula is C45H46N4OPt. The number of aryl methyl sites for hydroxylation is 1. The summed E-state index contributed by atoms with van der Waals surface area (Å²) in [7, 11) is 0. The Morgan fingerprint density at radius 1 is 0.647 bits per heavy atom. The van der Waals surface area contributed by atoms with Gasteiger partial charge in [-0.05, 0) is 76.6 Å². The first-order chi connectivity index (χ1) is 24.0. The van der Waals surface area contributed by atoms with E-state index in [9.17, 15) is 0 Å². The van der Waals surface area contributed by atoms with Crippen LogP contribution < -0.4 is 4.74 Å². The number of aromatic nitrogens is 4. The van der Waals surface area contributed by atoms with Gasteiger partial charge in [0.25, 0.3) is 0 Å². The molecule has 6 heteroatoms. The van der Waals surface area contributed by atoms with Crippen molar-refractivity contribution < 1.29 is 25.8 Å². The van der Waals surface area contributed by atoms with Gasteiger partial charge in [-0.1, -0.05) is 103 Å².